The molecule has 3 rings (SSSR count). The number of aromatic amines is 1. The second kappa shape index (κ2) is 5.00. The van der Waals surface area contributed by atoms with Crippen LogP contribution in [0.3, 0.4) is 0 Å². The van der Waals surface area contributed by atoms with Crippen LogP contribution in [0.4, 0.5) is 0 Å². The molecule has 18 heavy (non-hydrogen) atoms. The molecule has 1 fully saturated rings. The minimum atomic E-state index is 0.172. The number of morpholine rings is 1. The summed E-state index contributed by atoms with van der Waals surface area (Å²) in [5.74, 6) is 0.902. The molecule has 4 nitrogen and oxygen atoms in total. The Hall–Kier alpha value is -1.52. The summed E-state index contributed by atoms with van der Waals surface area (Å²) in [4.78, 5) is 5.44. The van der Waals surface area contributed by atoms with Gasteiger partial charge in [0.15, 0.2) is 0 Å². The summed E-state index contributed by atoms with van der Waals surface area (Å²) in [5, 5.41) is 1.18. The van der Waals surface area contributed by atoms with Gasteiger partial charge >= 0.3 is 0 Å². The van der Waals surface area contributed by atoms with Gasteiger partial charge in [-0.2, -0.15) is 0 Å². The Morgan fingerprint density at radius 1 is 1.44 bits per heavy atom. The maximum absolute atomic E-state index is 5.81. The Kier molecular flexibility index (Phi) is 3.21. The van der Waals surface area contributed by atoms with E-state index in [9.17, 15) is 0 Å². The minimum absolute atomic E-state index is 0.172. The van der Waals surface area contributed by atoms with Gasteiger partial charge in [-0.05, 0) is 31.3 Å². The van der Waals surface area contributed by atoms with Crippen LogP contribution >= 0.6 is 0 Å². The lowest BCUT2D eigenvalue weighted by Crippen LogP contribution is -2.42. The number of hydrogen-bond acceptors (Lipinski definition) is 3. The Labute approximate surface area is 106 Å². The molecule has 1 N–H and O–H groups in total. The fourth-order valence-corrected chi connectivity index (χ4v) is 2.28. The standard InChI is InChI=1S/C14H18N2O2/c1-16-6-7-17-13(9-16)10-18-12-2-3-14-11(8-12)4-5-15-14/h2-5,8,13,15H,6-7,9-10H2,1H3. The van der Waals surface area contributed by atoms with Crippen LogP contribution in [0.25, 0.3) is 10.9 Å². The number of fused-ring (bicyclic) bond motifs is 1. The van der Waals surface area contributed by atoms with Crippen molar-refractivity contribution >= 4 is 10.9 Å². The fraction of sp³-hybridized carbons (Fsp3) is 0.429. The van der Waals surface area contributed by atoms with E-state index >= 15 is 0 Å². The third kappa shape index (κ3) is 2.49. The molecule has 1 aromatic carbocycles. The highest BCUT2D eigenvalue weighted by Crippen LogP contribution is 2.20. The van der Waals surface area contributed by atoms with Crippen molar-refractivity contribution in [1.29, 1.82) is 0 Å². The SMILES string of the molecule is CN1CCOC(COc2ccc3[nH]ccc3c2)C1. The van der Waals surface area contributed by atoms with E-state index in [0.717, 1.165) is 31.0 Å². The number of nitrogens with one attached hydrogen (secondary N) is 1. The zero-order chi connectivity index (χ0) is 12.4. The number of likely N-dealkylation sites (N-methyl/N-ethyl adjacent to an activating group) is 1. The van der Waals surface area contributed by atoms with Gasteiger partial charge in [0.1, 0.15) is 18.5 Å². The van der Waals surface area contributed by atoms with Crippen LogP contribution in [0.1, 0.15) is 0 Å². The van der Waals surface area contributed by atoms with Crippen LogP contribution in [0.15, 0.2) is 30.5 Å². The molecule has 2 aromatic rings. The van der Waals surface area contributed by atoms with Crippen molar-refractivity contribution in [2.75, 3.05) is 33.4 Å². The second-order valence-corrected chi connectivity index (χ2v) is 4.79. The predicted octanol–water partition coefficient (Wildman–Crippen LogP) is 1.88. The highest BCUT2D eigenvalue weighted by Gasteiger charge is 2.18. The average Bonchev–Trinajstić information content (AvgIpc) is 2.84. The Bertz CT molecular complexity index is 523. The van der Waals surface area contributed by atoms with Crippen LogP contribution in [0.5, 0.6) is 5.75 Å². The number of aromatic nitrogens is 1. The lowest BCUT2D eigenvalue weighted by atomic mass is 10.2. The highest BCUT2D eigenvalue weighted by atomic mass is 16.5. The molecule has 4 heteroatoms. The molecule has 1 aliphatic rings. The maximum Gasteiger partial charge on any atom is 0.120 e. The van der Waals surface area contributed by atoms with Crippen molar-refractivity contribution in [2.45, 2.75) is 6.10 Å². The minimum Gasteiger partial charge on any atom is -0.491 e. The topological polar surface area (TPSA) is 37.5 Å². The number of rotatable bonds is 3. The number of ether oxygens (including phenoxy) is 2. The maximum atomic E-state index is 5.81. The molecule has 0 spiro atoms. The van der Waals surface area contributed by atoms with Crippen LogP contribution in [0, 0.1) is 0 Å². The monoisotopic (exact) mass is 246 g/mol. The van der Waals surface area contributed by atoms with Crippen molar-refractivity contribution in [3.8, 4) is 5.75 Å². The van der Waals surface area contributed by atoms with E-state index in [1.54, 1.807) is 0 Å². The third-order valence-electron chi connectivity index (χ3n) is 3.30. The summed E-state index contributed by atoms with van der Waals surface area (Å²) in [6, 6.07) is 8.13. The first-order valence-electron chi connectivity index (χ1n) is 6.31. The zero-order valence-corrected chi connectivity index (χ0v) is 10.6. The summed E-state index contributed by atoms with van der Waals surface area (Å²) in [6.07, 6.45) is 2.11. The Balaban J connectivity index is 1.61. The van der Waals surface area contributed by atoms with Gasteiger partial charge in [0.05, 0.1) is 6.61 Å². The first-order valence-corrected chi connectivity index (χ1v) is 6.31. The average molecular weight is 246 g/mol. The molecular weight excluding hydrogens is 228 g/mol. The molecule has 1 saturated heterocycles. The lowest BCUT2D eigenvalue weighted by Gasteiger charge is -2.29. The van der Waals surface area contributed by atoms with Crippen molar-refractivity contribution < 1.29 is 9.47 Å². The summed E-state index contributed by atoms with van der Waals surface area (Å²) in [5.41, 5.74) is 1.14. The van der Waals surface area contributed by atoms with Gasteiger partial charge in [0.2, 0.25) is 0 Å². The molecule has 0 aliphatic carbocycles. The van der Waals surface area contributed by atoms with E-state index in [1.165, 1.54) is 5.39 Å². The van der Waals surface area contributed by atoms with Gasteiger partial charge in [-0.3, -0.25) is 0 Å². The first kappa shape index (κ1) is 11.6. The van der Waals surface area contributed by atoms with E-state index in [4.69, 9.17) is 9.47 Å². The highest BCUT2D eigenvalue weighted by molar-refractivity contribution is 5.80. The van der Waals surface area contributed by atoms with Gasteiger partial charge < -0.3 is 19.4 Å². The molecule has 0 amide bonds. The zero-order valence-electron chi connectivity index (χ0n) is 10.6. The molecule has 0 bridgehead atoms. The van der Waals surface area contributed by atoms with Crippen LogP contribution in [-0.4, -0.2) is 49.3 Å². The lowest BCUT2D eigenvalue weighted by molar-refractivity contribution is -0.0403. The first-order chi connectivity index (χ1) is 8.81. The number of H-pyrrole nitrogens is 1. The molecule has 1 atom stereocenters. The van der Waals surface area contributed by atoms with Gasteiger partial charge in [0.25, 0.3) is 0 Å². The summed E-state index contributed by atoms with van der Waals surface area (Å²) in [7, 11) is 2.11. The number of nitrogens with zero attached hydrogens (tertiary/aromatic N) is 1. The van der Waals surface area contributed by atoms with E-state index < -0.39 is 0 Å². The van der Waals surface area contributed by atoms with Crippen LogP contribution < -0.4 is 4.74 Å². The van der Waals surface area contributed by atoms with Crippen molar-refractivity contribution in [3.63, 3.8) is 0 Å². The molecule has 96 valence electrons. The van der Waals surface area contributed by atoms with E-state index in [-0.39, 0.29) is 6.10 Å². The predicted molar refractivity (Wildman–Crippen MR) is 71.0 cm³/mol. The largest absolute Gasteiger partial charge is 0.491 e. The number of hydrogen-bond donors (Lipinski definition) is 1. The Morgan fingerprint density at radius 2 is 2.39 bits per heavy atom. The van der Waals surface area contributed by atoms with Crippen molar-refractivity contribution in [1.82, 2.24) is 9.88 Å². The molecule has 1 unspecified atom stereocenters. The van der Waals surface area contributed by atoms with Crippen LogP contribution in [-0.2, 0) is 4.74 Å². The van der Waals surface area contributed by atoms with E-state index in [0.29, 0.717) is 6.61 Å². The van der Waals surface area contributed by atoms with Crippen molar-refractivity contribution in [2.24, 2.45) is 0 Å². The van der Waals surface area contributed by atoms with Gasteiger partial charge in [-0.1, -0.05) is 0 Å². The summed E-state index contributed by atoms with van der Waals surface area (Å²) in [6.45, 7) is 3.35. The van der Waals surface area contributed by atoms with E-state index in [1.807, 2.05) is 24.4 Å². The molecular formula is C14H18N2O2. The normalized spacial score (nSPS) is 21.3. The Morgan fingerprint density at radius 3 is 3.28 bits per heavy atom. The molecule has 2 heterocycles. The molecule has 1 aliphatic heterocycles. The smallest absolute Gasteiger partial charge is 0.120 e. The second-order valence-electron chi connectivity index (χ2n) is 4.79. The van der Waals surface area contributed by atoms with Gasteiger partial charge in [-0.25, -0.2) is 0 Å². The fourth-order valence-electron chi connectivity index (χ4n) is 2.28. The quantitative estimate of drug-likeness (QED) is 0.898. The molecule has 0 saturated carbocycles. The van der Waals surface area contributed by atoms with Crippen LogP contribution in [0.2, 0.25) is 0 Å². The summed E-state index contributed by atoms with van der Waals surface area (Å²) < 4.78 is 11.5. The van der Waals surface area contributed by atoms with Gasteiger partial charge in [0, 0.05) is 30.2 Å². The van der Waals surface area contributed by atoms with E-state index in [2.05, 4.69) is 23.0 Å². The molecule has 0 radical (unpaired) electrons. The van der Waals surface area contributed by atoms with Crippen molar-refractivity contribution in [3.05, 3.63) is 30.5 Å². The summed E-state index contributed by atoms with van der Waals surface area (Å²) >= 11 is 0. The molecule has 1 aromatic heterocycles. The van der Waals surface area contributed by atoms with Gasteiger partial charge in [-0.15, -0.1) is 0 Å². The third-order valence-corrected chi connectivity index (χ3v) is 3.30. The number of benzene rings is 1.